The molecule has 22 heavy (non-hydrogen) atoms. The molecule has 1 heterocycles. The maximum Gasteiger partial charge on any atom is 0.253 e. The Kier molecular flexibility index (Phi) is 4.92. The molecule has 1 aromatic carbocycles. The van der Waals surface area contributed by atoms with E-state index in [0.717, 1.165) is 0 Å². The third-order valence-electron chi connectivity index (χ3n) is 3.27. The van der Waals surface area contributed by atoms with Gasteiger partial charge in [-0.25, -0.2) is 4.39 Å². The average Bonchev–Trinajstić information content (AvgIpc) is 2.96. The van der Waals surface area contributed by atoms with Gasteiger partial charge in [0.2, 0.25) is 0 Å². The summed E-state index contributed by atoms with van der Waals surface area (Å²) in [4.78, 5) is 14.6. The summed E-state index contributed by atoms with van der Waals surface area (Å²) in [5.41, 5.74) is 1.26. The lowest BCUT2D eigenvalue weighted by atomic mass is 10.0. The Morgan fingerprint density at radius 2 is 2.14 bits per heavy atom. The summed E-state index contributed by atoms with van der Waals surface area (Å²) < 4.78 is 12.8. The molecule has 0 radical (unpaired) electrons. The maximum absolute atomic E-state index is 12.8. The van der Waals surface area contributed by atoms with Crippen LogP contribution in [-0.4, -0.2) is 22.0 Å². The highest BCUT2D eigenvalue weighted by molar-refractivity contribution is 5.94. The Morgan fingerprint density at radius 3 is 2.73 bits per heavy atom. The highest BCUT2D eigenvalue weighted by atomic mass is 19.1. The van der Waals surface area contributed by atoms with E-state index in [1.807, 2.05) is 6.07 Å². The zero-order valence-corrected chi connectivity index (χ0v) is 12.0. The van der Waals surface area contributed by atoms with Crippen molar-refractivity contribution in [2.45, 2.75) is 25.5 Å². The molecule has 2 atom stereocenters. The molecular weight excluding hydrogens is 285 g/mol. The fourth-order valence-corrected chi connectivity index (χ4v) is 2.11. The molecule has 2 unspecified atom stereocenters. The summed E-state index contributed by atoms with van der Waals surface area (Å²) in [6.07, 6.45) is 0.959. The van der Waals surface area contributed by atoms with E-state index in [-0.39, 0.29) is 17.8 Å². The van der Waals surface area contributed by atoms with E-state index in [4.69, 9.17) is 5.26 Å². The van der Waals surface area contributed by atoms with Gasteiger partial charge in [0.25, 0.3) is 5.91 Å². The number of aromatic amines is 1. The first-order chi connectivity index (χ1) is 10.5. The summed E-state index contributed by atoms with van der Waals surface area (Å²) >= 11 is 0. The second kappa shape index (κ2) is 6.87. The van der Waals surface area contributed by atoms with Crippen molar-refractivity contribution in [1.82, 2.24) is 10.3 Å². The lowest BCUT2D eigenvalue weighted by Gasteiger charge is -2.18. The van der Waals surface area contributed by atoms with Crippen LogP contribution in [0.4, 0.5) is 4.39 Å². The lowest BCUT2D eigenvalue weighted by molar-refractivity contribution is 0.0917. The summed E-state index contributed by atoms with van der Waals surface area (Å²) in [6, 6.07) is 8.67. The first-order valence-electron chi connectivity index (χ1n) is 6.82. The predicted octanol–water partition coefficient (Wildman–Crippen LogP) is 2.27. The van der Waals surface area contributed by atoms with Gasteiger partial charge >= 0.3 is 0 Å². The molecule has 114 valence electrons. The van der Waals surface area contributed by atoms with Crippen molar-refractivity contribution < 1.29 is 14.3 Å². The number of H-pyrrole nitrogens is 1. The van der Waals surface area contributed by atoms with E-state index >= 15 is 0 Å². The van der Waals surface area contributed by atoms with Crippen LogP contribution in [0.25, 0.3) is 0 Å². The minimum atomic E-state index is -0.795. The molecule has 0 fully saturated rings. The molecule has 2 aromatic rings. The highest BCUT2D eigenvalue weighted by Crippen LogP contribution is 2.18. The summed E-state index contributed by atoms with van der Waals surface area (Å²) in [7, 11) is 0. The fraction of sp³-hybridized carbons (Fsp3) is 0.250. The number of amides is 1. The van der Waals surface area contributed by atoms with Crippen LogP contribution < -0.4 is 5.32 Å². The Balaban J connectivity index is 1.92. The molecule has 5 nitrogen and oxygen atoms in total. The fourth-order valence-electron chi connectivity index (χ4n) is 2.11. The molecular formula is C16H16FN3O2. The maximum atomic E-state index is 12.8. The molecule has 3 N–H and O–H groups in total. The van der Waals surface area contributed by atoms with Gasteiger partial charge in [0, 0.05) is 12.2 Å². The van der Waals surface area contributed by atoms with Crippen LogP contribution >= 0.6 is 0 Å². The topological polar surface area (TPSA) is 88.9 Å². The van der Waals surface area contributed by atoms with Gasteiger partial charge in [-0.05, 0) is 37.1 Å². The van der Waals surface area contributed by atoms with E-state index in [0.29, 0.717) is 23.2 Å². The monoisotopic (exact) mass is 301 g/mol. The number of nitrogens with zero attached hydrogens (tertiary/aromatic N) is 1. The number of rotatable bonds is 5. The normalized spacial score (nSPS) is 13.2. The van der Waals surface area contributed by atoms with Crippen molar-refractivity contribution in [2.75, 3.05) is 0 Å². The standard InChI is InChI=1S/C16H16FN3O2/c1-10(6-15(21)11-2-4-13(17)5-3-11)20-16(22)12-7-14(8-18)19-9-12/h2-5,7,9-10,15,19,21H,6H2,1H3,(H,20,22). The molecule has 2 rings (SSSR count). The van der Waals surface area contributed by atoms with Crippen molar-refractivity contribution in [2.24, 2.45) is 0 Å². The minimum Gasteiger partial charge on any atom is -0.388 e. The van der Waals surface area contributed by atoms with Crippen LogP contribution in [0.5, 0.6) is 0 Å². The van der Waals surface area contributed by atoms with E-state index in [1.54, 1.807) is 6.92 Å². The van der Waals surface area contributed by atoms with E-state index in [2.05, 4.69) is 10.3 Å². The Hall–Kier alpha value is -2.65. The van der Waals surface area contributed by atoms with Crippen molar-refractivity contribution in [1.29, 1.82) is 5.26 Å². The van der Waals surface area contributed by atoms with Crippen molar-refractivity contribution >= 4 is 5.91 Å². The van der Waals surface area contributed by atoms with Gasteiger partial charge in [-0.15, -0.1) is 0 Å². The van der Waals surface area contributed by atoms with Gasteiger partial charge in [0.05, 0.1) is 11.7 Å². The smallest absolute Gasteiger partial charge is 0.253 e. The largest absolute Gasteiger partial charge is 0.388 e. The number of aliphatic hydroxyl groups is 1. The first kappa shape index (κ1) is 15.7. The van der Waals surface area contributed by atoms with Crippen molar-refractivity contribution in [3.63, 3.8) is 0 Å². The van der Waals surface area contributed by atoms with E-state index in [1.165, 1.54) is 36.5 Å². The molecule has 0 saturated heterocycles. The molecule has 0 aliphatic rings. The summed E-state index contributed by atoms with van der Waals surface area (Å²) in [5.74, 6) is -0.686. The quantitative estimate of drug-likeness (QED) is 0.791. The molecule has 1 aromatic heterocycles. The molecule has 0 saturated carbocycles. The molecule has 6 heteroatoms. The van der Waals surface area contributed by atoms with Gasteiger partial charge in [0.1, 0.15) is 17.6 Å². The third-order valence-corrected chi connectivity index (χ3v) is 3.27. The molecule has 0 bridgehead atoms. The van der Waals surface area contributed by atoms with Crippen LogP contribution in [0, 0.1) is 17.1 Å². The summed E-state index contributed by atoms with van der Waals surface area (Å²) in [5, 5.41) is 21.5. The first-order valence-corrected chi connectivity index (χ1v) is 6.82. The highest BCUT2D eigenvalue weighted by Gasteiger charge is 2.16. The van der Waals surface area contributed by atoms with Gasteiger partial charge < -0.3 is 15.4 Å². The SMILES string of the molecule is CC(CC(O)c1ccc(F)cc1)NC(=O)c1c[nH]c(C#N)c1. The number of hydrogen-bond donors (Lipinski definition) is 3. The second-order valence-corrected chi connectivity index (χ2v) is 5.09. The number of nitriles is 1. The number of hydrogen-bond acceptors (Lipinski definition) is 3. The lowest BCUT2D eigenvalue weighted by Crippen LogP contribution is -2.33. The Morgan fingerprint density at radius 1 is 1.45 bits per heavy atom. The van der Waals surface area contributed by atoms with Crippen LogP contribution in [0.1, 0.15) is 41.1 Å². The number of carbonyl (C=O) groups excluding carboxylic acids is 1. The van der Waals surface area contributed by atoms with Crippen LogP contribution in [0.15, 0.2) is 36.5 Å². The average molecular weight is 301 g/mol. The zero-order chi connectivity index (χ0) is 16.1. The number of aliphatic hydroxyl groups excluding tert-OH is 1. The molecule has 0 spiro atoms. The van der Waals surface area contributed by atoms with Gasteiger partial charge in [-0.3, -0.25) is 4.79 Å². The molecule has 0 aliphatic carbocycles. The van der Waals surface area contributed by atoms with Gasteiger partial charge in [0.15, 0.2) is 0 Å². The van der Waals surface area contributed by atoms with Crippen LogP contribution in [0.3, 0.4) is 0 Å². The number of carbonyl (C=O) groups is 1. The molecule has 1 amide bonds. The van der Waals surface area contributed by atoms with Crippen molar-refractivity contribution in [3.8, 4) is 6.07 Å². The molecule has 0 aliphatic heterocycles. The zero-order valence-electron chi connectivity index (χ0n) is 12.0. The van der Waals surface area contributed by atoms with Gasteiger partial charge in [-0.2, -0.15) is 5.26 Å². The number of benzene rings is 1. The second-order valence-electron chi connectivity index (χ2n) is 5.09. The van der Waals surface area contributed by atoms with E-state index in [9.17, 15) is 14.3 Å². The van der Waals surface area contributed by atoms with Crippen LogP contribution in [-0.2, 0) is 0 Å². The summed E-state index contributed by atoms with van der Waals surface area (Å²) in [6.45, 7) is 1.77. The predicted molar refractivity (Wildman–Crippen MR) is 78.4 cm³/mol. The minimum absolute atomic E-state index is 0.284. The van der Waals surface area contributed by atoms with Crippen LogP contribution in [0.2, 0.25) is 0 Å². The Bertz CT molecular complexity index is 688. The van der Waals surface area contributed by atoms with E-state index < -0.39 is 6.10 Å². The number of nitrogens with one attached hydrogen (secondary N) is 2. The van der Waals surface area contributed by atoms with Crippen molar-refractivity contribution in [3.05, 3.63) is 59.2 Å². The number of halogens is 1. The number of aromatic nitrogens is 1. The third kappa shape index (κ3) is 3.93. The Labute approximate surface area is 127 Å². The van der Waals surface area contributed by atoms with Gasteiger partial charge in [-0.1, -0.05) is 12.1 Å².